The van der Waals surface area contributed by atoms with Gasteiger partial charge in [-0.1, -0.05) is 6.07 Å². The molecule has 0 spiro atoms. The van der Waals surface area contributed by atoms with E-state index in [1.807, 2.05) is 24.3 Å². The summed E-state index contributed by atoms with van der Waals surface area (Å²) in [5.41, 5.74) is 1.54. The number of rotatable bonds is 3. The van der Waals surface area contributed by atoms with Gasteiger partial charge in [0, 0.05) is 56.9 Å². The quantitative estimate of drug-likeness (QED) is 0.705. The number of anilines is 1. The largest absolute Gasteiger partial charge is 0.339 e. The fraction of sp³-hybridized carbons (Fsp3) is 0.400. The fourth-order valence-electron chi connectivity index (χ4n) is 4.38. The van der Waals surface area contributed by atoms with E-state index in [0.29, 0.717) is 24.2 Å². The topological polar surface area (TPSA) is 66.6 Å². The third-order valence-electron chi connectivity index (χ3n) is 5.65. The molecule has 3 fully saturated rings. The standard InChI is InChI=1S/C20H22N6O/c27-19-10-16(23-18-4-1-2-9-26(18)19)13-24-11-15-5-6-17(24)14-25(12-15)20-21-7-3-8-22-20/h1-4,7-10,15,17H,5-6,11-14H2/t15-,17-/m1/s1. The normalized spacial score (nSPS) is 22.9. The van der Waals surface area contributed by atoms with Crippen molar-refractivity contribution in [2.24, 2.45) is 5.92 Å². The van der Waals surface area contributed by atoms with E-state index in [-0.39, 0.29) is 5.56 Å². The number of pyridine rings is 1. The first-order valence-electron chi connectivity index (χ1n) is 9.49. The molecule has 6 heterocycles. The number of hydrogen-bond donors (Lipinski definition) is 0. The number of piperidine rings is 1. The van der Waals surface area contributed by atoms with Crippen molar-refractivity contribution >= 4 is 11.6 Å². The molecular formula is C20H22N6O. The van der Waals surface area contributed by atoms with Crippen LogP contribution in [0.2, 0.25) is 0 Å². The van der Waals surface area contributed by atoms with Crippen LogP contribution in [0.5, 0.6) is 0 Å². The summed E-state index contributed by atoms with van der Waals surface area (Å²) in [5, 5.41) is 0. The van der Waals surface area contributed by atoms with Gasteiger partial charge >= 0.3 is 0 Å². The summed E-state index contributed by atoms with van der Waals surface area (Å²) in [6.45, 7) is 3.66. The van der Waals surface area contributed by atoms with Gasteiger partial charge in [-0.25, -0.2) is 15.0 Å². The van der Waals surface area contributed by atoms with E-state index >= 15 is 0 Å². The number of fused-ring (bicyclic) bond motifs is 5. The molecule has 0 unspecified atom stereocenters. The second-order valence-corrected chi connectivity index (χ2v) is 7.49. The van der Waals surface area contributed by atoms with Crippen molar-refractivity contribution in [3.63, 3.8) is 0 Å². The molecule has 3 aliphatic heterocycles. The first-order valence-corrected chi connectivity index (χ1v) is 9.49. The van der Waals surface area contributed by atoms with Crippen LogP contribution in [0.4, 0.5) is 5.95 Å². The smallest absolute Gasteiger partial charge is 0.258 e. The molecule has 6 rings (SSSR count). The van der Waals surface area contributed by atoms with Gasteiger partial charge in [-0.15, -0.1) is 0 Å². The maximum absolute atomic E-state index is 12.4. The zero-order chi connectivity index (χ0) is 18.2. The highest BCUT2D eigenvalue weighted by Crippen LogP contribution is 2.30. The Labute approximate surface area is 157 Å². The average molecular weight is 362 g/mol. The monoisotopic (exact) mass is 362 g/mol. The van der Waals surface area contributed by atoms with Crippen LogP contribution in [0.3, 0.4) is 0 Å². The molecule has 0 aliphatic carbocycles. The molecule has 7 heteroatoms. The Bertz CT molecular complexity index is 1000. The van der Waals surface area contributed by atoms with Crippen molar-refractivity contribution in [3.8, 4) is 0 Å². The predicted octanol–water partition coefficient (Wildman–Crippen LogP) is 1.59. The zero-order valence-electron chi connectivity index (χ0n) is 15.1. The van der Waals surface area contributed by atoms with E-state index in [1.165, 1.54) is 12.8 Å². The predicted molar refractivity (Wildman–Crippen MR) is 103 cm³/mol. The van der Waals surface area contributed by atoms with Crippen LogP contribution < -0.4 is 10.5 Å². The van der Waals surface area contributed by atoms with Crippen molar-refractivity contribution in [2.45, 2.75) is 25.4 Å². The second-order valence-electron chi connectivity index (χ2n) is 7.49. The number of aromatic nitrogens is 4. The van der Waals surface area contributed by atoms with Gasteiger partial charge in [-0.2, -0.15) is 0 Å². The van der Waals surface area contributed by atoms with E-state index in [4.69, 9.17) is 4.98 Å². The van der Waals surface area contributed by atoms with Crippen LogP contribution in [-0.4, -0.2) is 49.9 Å². The average Bonchev–Trinajstić information content (AvgIpc) is 3.01. The molecule has 3 saturated heterocycles. The van der Waals surface area contributed by atoms with E-state index in [0.717, 1.165) is 31.3 Å². The molecule has 7 nitrogen and oxygen atoms in total. The van der Waals surface area contributed by atoms with Crippen LogP contribution in [-0.2, 0) is 6.54 Å². The summed E-state index contributed by atoms with van der Waals surface area (Å²) in [4.78, 5) is 30.8. The first-order chi connectivity index (χ1) is 13.3. The van der Waals surface area contributed by atoms with E-state index in [1.54, 1.807) is 29.1 Å². The second kappa shape index (κ2) is 6.74. The van der Waals surface area contributed by atoms with E-state index in [2.05, 4.69) is 19.8 Å². The fourth-order valence-corrected chi connectivity index (χ4v) is 4.38. The van der Waals surface area contributed by atoms with Crippen molar-refractivity contribution in [1.29, 1.82) is 0 Å². The minimum absolute atomic E-state index is 0.0186. The Morgan fingerprint density at radius 3 is 2.81 bits per heavy atom. The highest BCUT2D eigenvalue weighted by molar-refractivity contribution is 5.38. The molecule has 3 aromatic rings. The molecular weight excluding hydrogens is 340 g/mol. The maximum Gasteiger partial charge on any atom is 0.258 e. The van der Waals surface area contributed by atoms with Gasteiger partial charge in [0.15, 0.2) is 0 Å². The molecule has 27 heavy (non-hydrogen) atoms. The molecule has 3 aliphatic rings. The molecule has 0 aromatic carbocycles. The summed E-state index contributed by atoms with van der Waals surface area (Å²) >= 11 is 0. The number of hydrogen-bond acceptors (Lipinski definition) is 6. The van der Waals surface area contributed by atoms with Crippen LogP contribution in [0.25, 0.3) is 5.65 Å². The van der Waals surface area contributed by atoms with Crippen LogP contribution in [0.15, 0.2) is 53.7 Å². The van der Waals surface area contributed by atoms with Crippen molar-refractivity contribution in [3.05, 3.63) is 65.0 Å². The van der Waals surface area contributed by atoms with Gasteiger partial charge < -0.3 is 4.90 Å². The lowest BCUT2D eigenvalue weighted by atomic mass is 9.95. The van der Waals surface area contributed by atoms with Gasteiger partial charge in [-0.3, -0.25) is 14.1 Å². The zero-order valence-corrected chi connectivity index (χ0v) is 15.1. The molecule has 0 N–H and O–H groups in total. The SMILES string of the molecule is O=c1cc(CN2C[C@H]3CC[C@@H]2CN(c2ncccn2)C3)nc2ccccn12. The summed E-state index contributed by atoms with van der Waals surface area (Å²) in [6.07, 6.45) is 7.78. The van der Waals surface area contributed by atoms with Crippen LogP contribution >= 0.6 is 0 Å². The Morgan fingerprint density at radius 2 is 1.93 bits per heavy atom. The summed E-state index contributed by atoms with van der Waals surface area (Å²) < 4.78 is 1.59. The van der Waals surface area contributed by atoms with Gasteiger partial charge in [0.2, 0.25) is 5.95 Å². The molecule has 2 bridgehead atoms. The molecule has 0 amide bonds. The summed E-state index contributed by atoms with van der Waals surface area (Å²) in [5.74, 6) is 1.41. The maximum atomic E-state index is 12.4. The Hall–Kier alpha value is -2.80. The van der Waals surface area contributed by atoms with Crippen molar-refractivity contribution in [1.82, 2.24) is 24.3 Å². The summed E-state index contributed by atoms with van der Waals surface area (Å²) in [6, 6.07) is 9.61. The molecule has 0 radical (unpaired) electrons. The van der Waals surface area contributed by atoms with E-state index in [9.17, 15) is 4.79 Å². The Kier molecular flexibility index (Phi) is 4.09. The lowest BCUT2D eigenvalue weighted by molar-refractivity contribution is 0.125. The molecule has 2 atom stereocenters. The van der Waals surface area contributed by atoms with Gasteiger partial charge in [0.1, 0.15) is 5.65 Å². The minimum Gasteiger partial charge on any atom is -0.339 e. The third kappa shape index (κ3) is 3.19. The summed E-state index contributed by atoms with van der Waals surface area (Å²) in [7, 11) is 0. The lowest BCUT2D eigenvalue weighted by Gasteiger charge is -2.35. The highest BCUT2D eigenvalue weighted by Gasteiger charge is 2.35. The van der Waals surface area contributed by atoms with Gasteiger partial charge in [0.05, 0.1) is 5.69 Å². The van der Waals surface area contributed by atoms with Crippen molar-refractivity contribution < 1.29 is 0 Å². The first kappa shape index (κ1) is 16.4. The molecule has 3 aromatic heterocycles. The Balaban J connectivity index is 1.40. The highest BCUT2D eigenvalue weighted by atomic mass is 16.1. The van der Waals surface area contributed by atoms with Crippen LogP contribution in [0.1, 0.15) is 18.5 Å². The Morgan fingerprint density at radius 1 is 1.04 bits per heavy atom. The lowest BCUT2D eigenvalue weighted by Crippen LogP contribution is -2.43. The minimum atomic E-state index is -0.0186. The van der Waals surface area contributed by atoms with E-state index < -0.39 is 0 Å². The molecule has 138 valence electrons. The third-order valence-corrected chi connectivity index (χ3v) is 5.65. The van der Waals surface area contributed by atoms with Gasteiger partial charge in [0.25, 0.3) is 5.56 Å². The van der Waals surface area contributed by atoms with Gasteiger partial charge in [-0.05, 0) is 37.0 Å². The van der Waals surface area contributed by atoms with Crippen LogP contribution in [0, 0.1) is 5.92 Å². The van der Waals surface area contributed by atoms with Crippen molar-refractivity contribution in [2.75, 3.05) is 24.5 Å². The number of nitrogens with zero attached hydrogens (tertiary/aromatic N) is 6. The molecule has 0 saturated carbocycles.